The molecule has 1 fully saturated rings. The van der Waals surface area contributed by atoms with Crippen LogP contribution in [0.1, 0.15) is 17.5 Å². The summed E-state index contributed by atoms with van der Waals surface area (Å²) in [6.45, 7) is 8.59. The maximum atomic E-state index is 11.4. The molecule has 1 saturated heterocycles. The first kappa shape index (κ1) is 16.8. The molecule has 1 aromatic rings. The van der Waals surface area contributed by atoms with Crippen LogP contribution in [0, 0.1) is 13.8 Å². The van der Waals surface area contributed by atoms with E-state index in [9.17, 15) is 4.79 Å². The number of ether oxygens (including phenoxy) is 1. The van der Waals surface area contributed by atoms with Crippen molar-refractivity contribution in [2.24, 2.45) is 0 Å². The number of amides is 1. The van der Waals surface area contributed by atoms with Crippen molar-refractivity contribution in [2.45, 2.75) is 20.3 Å². The highest BCUT2D eigenvalue weighted by atomic mass is 16.5. The Morgan fingerprint density at radius 3 is 2.41 bits per heavy atom. The van der Waals surface area contributed by atoms with Crippen molar-refractivity contribution in [3.63, 3.8) is 0 Å². The highest BCUT2D eigenvalue weighted by Crippen LogP contribution is 2.22. The van der Waals surface area contributed by atoms with E-state index in [1.54, 1.807) is 4.90 Å². The monoisotopic (exact) mass is 306 g/mol. The van der Waals surface area contributed by atoms with Gasteiger partial charge >= 0.3 is 0 Å². The molecule has 0 bridgehead atoms. The molecule has 0 atom stereocenters. The minimum absolute atomic E-state index is 0.169. The lowest BCUT2D eigenvalue weighted by molar-refractivity contribution is -0.135. The Hall–Kier alpha value is -1.59. The molecule has 5 heteroatoms. The molecule has 0 aromatic heterocycles. The number of piperazine rings is 1. The Bertz CT molecular complexity index is 476. The highest BCUT2D eigenvalue weighted by Gasteiger charge is 2.19. The molecule has 0 aliphatic carbocycles. The zero-order chi connectivity index (χ0) is 15.9. The third-order valence-electron chi connectivity index (χ3n) is 4.13. The van der Waals surface area contributed by atoms with Gasteiger partial charge in [-0.3, -0.25) is 9.69 Å². The predicted octanol–water partition coefficient (Wildman–Crippen LogP) is 1.21. The molecule has 0 saturated carbocycles. The van der Waals surface area contributed by atoms with Crippen LogP contribution in [0.4, 0.5) is 0 Å². The third kappa shape index (κ3) is 4.45. The summed E-state index contributed by atoms with van der Waals surface area (Å²) < 4.78 is 5.91. The van der Waals surface area contributed by atoms with Crippen LogP contribution in [0.3, 0.4) is 0 Å². The molecule has 1 aromatic carbocycles. The SMILES string of the molecule is Cc1cccc(C)c1OCCCN1CCN(C(=O)CO)CC1. The lowest BCUT2D eigenvalue weighted by Crippen LogP contribution is -2.49. The minimum atomic E-state index is -0.385. The number of carbonyl (C=O) groups is 1. The summed E-state index contributed by atoms with van der Waals surface area (Å²) in [7, 11) is 0. The van der Waals surface area contributed by atoms with Gasteiger partial charge in [0.2, 0.25) is 5.91 Å². The molecule has 1 aliphatic heterocycles. The van der Waals surface area contributed by atoms with Gasteiger partial charge in [0.15, 0.2) is 0 Å². The fraction of sp³-hybridized carbons (Fsp3) is 0.588. The van der Waals surface area contributed by atoms with Gasteiger partial charge in [-0.2, -0.15) is 0 Å². The maximum Gasteiger partial charge on any atom is 0.248 e. The Balaban J connectivity index is 1.67. The molecule has 1 aliphatic rings. The van der Waals surface area contributed by atoms with Gasteiger partial charge in [0, 0.05) is 32.7 Å². The third-order valence-corrected chi connectivity index (χ3v) is 4.13. The highest BCUT2D eigenvalue weighted by molar-refractivity contribution is 5.77. The van der Waals surface area contributed by atoms with Crippen molar-refractivity contribution in [1.29, 1.82) is 0 Å². The molecule has 22 heavy (non-hydrogen) atoms. The summed E-state index contributed by atoms with van der Waals surface area (Å²) in [6.07, 6.45) is 0.974. The first-order chi connectivity index (χ1) is 10.6. The number of aliphatic hydroxyl groups excluding tert-OH is 1. The van der Waals surface area contributed by atoms with Gasteiger partial charge in [-0.15, -0.1) is 0 Å². The maximum absolute atomic E-state index is 11.4. The van der Waals surface area contributed by atoms with Gasteiger partial charge in [0.05, 0.1) is 6.61 Å². The van der Waals surface area contributed by atoms with E-state index < -0.39 is 0 Å². The molecule has 1 amide bonds. The first-order valence-corrected chi connectivity index (χ1v) is 7.92. The molecule has 1 N–H and O–H groups in total. The number of aryl methyl sites for hydroxylation is 2. The number of para-hydroxylation sites is 1. The fourth-order valence-corrected chi connectivity index (χ4v) is 2.81. The van der Waals surface area contributed by atoms with Crippen molar-refractivity contribution >= 4 is 5.91 Å². The zero-order valence-electron chi connectivity index (χ0n) is 13.5. The van der Waals surface area contributed by atoms with Crippen molar-refractivity contribution in [3.8, 4) is 5.75 Å². The second-order valence-electron chi connectivity index (χ2n) is 5.80. The summed E-state index contributed by atoms with van der Waals surface area (Å²) in [6, 6.07) is 6.18. The Labute approximate surface area is 132 Å². The number of aliphatic hydroxyl groups is 1. The van der Waals surface area contributed by atoms with Crippen LogP contribution in [0.5, 0.6) is 5.75 Å². The minimum Gasteiger partial charge on any atom is -0.493 e. The van der Waals surface area contributed by atoms with E-state index in [1.165, 1.54) is 11.1 Å². The molecule has 122 valence electrons. The van der Waals surface area contributed by atoms with Crippen LogP contribution < -0.4 is 4.74 Å². The van der Waals surface area contributed by atoms with Crippen molar-refractivity contribution in [3.05, 3.63) is 29.3 Å². The average Bonchev–Trinajstić information content (AvgIpc) is 2.53. The van der Waals surface area contributed by atoms with Crippen LogP contribution >= 0.6 is 0 Å². The molecular formula is C17H26N2O3. The molecule has 5 nitrogen and oxygen atoms in total. The summed E-state index contributed by atoms with van der Waals surface area (Å²) in [5.74, 6) is 0.832. The van der Waals surface area contributed by atoms with Crippen LogP contribution in [0.25, 0.3) is 0 Å². The standard InChI is InChI=1S/C17H26N2O3/c1-14-5-3-6-15(2)17(14)22-12-4-7-18-8-10-19(11-9-18)16(21)13-20/h3,5-6,20H,4,7-13H2,1-2H3. The van der Waals surface area contributed by atoms with E-state index in [1.807, 2.05) is 6.07 Å². The van der Waals surface area contributed by atoms with Crippen molar-refractivity contribution in [1.82, 2.24) is 9.80 Å². The summed E-state index contributed by atoms with van der Waals surface area (Å²) in [5, 5.41) is 8.86. The first-order valence-electron chi connectivity index (χ1n) is 7.92. The summed E-state index contributed by atoms with van der Waals surface area (Å²) in [5.41, 5.74) is 2.35. The Morgan fingerprint density at radius 2 is 1.82 bits per heavy atom. The van der Waals surface area contributed by atoms with Crippen LogP contribution in [0.15, 0.2) is 18.2 Å². The Morgan fingerprint density at radius 1 is 1.18 bits per heavy atom. The van der Waals surface area contributed by atoms with Crippen molar-refractivity contribution in [2.75, 3.05) is 45.9 Å². The van der Waals surface area contributed by atoms with Gasteiger partial charge in [-0.05, 0) is 31.4 Å². The van der Waals surface area contributed by atoms with Gasteiger partial charge < -0.3 is 14.7 Å². The number of nitrogens with zero attached hydrogens (tertiary/aromatic N) is 2. The smallest absolute Gasteiger partial charge is 0.248 e. The number of carbonyl (C=O) groups excluding carboxylic acids is 1. The number of hydrogen-bond acceptors (Lipinski definition) is 4. The molecule has 1 heterocycles. The van der Waals surface area contributed by atoms with Crippen LogP contribution in [-0.2, 0) is 4.79 Å². The topological polar surface area (TPSA) is 53.0 Å². The molecule has 2 rings (SSSR count). The van der Waals surface area contributed by atoms with E-state index in [-0.39, 0.29) is 12.5 Å². The summed E-state index contributed by atoms with van der Waals surface area (Å²) in [4.78, 5) is 15.5. The fourth-order valence-electron chi connectivity index (χ4n) is 2.81. The van der Waals surface area contributed by atoms with E-state index >= 15 is 0 Å². The van der Waals surface area contributed by atoms with E-state index in [2.05, 4.69) is 30.9 Å². The summed E-state index contributed by atoms with van der Waals surface area (Å²) >= 11 is 0. The molecular weight excluding hydrogens is 280 g/mol. The van der Waals surface area contributed by atoms with E-state index in [0.29, 0.717) is 19.7 Å². The lowest BCUT2D eigenvalue weighted by Gasteiger charge is -2.34. The van der Waals surface area contributed by atoms with E-state index in [0.717, 1.165) is 31.8 Å². The lowest BCUT2D eigenvalue weighted by atomic mass is 10.1. The van der Waals surface area contributed by atoms with Gasteiger partial charge in [-0.1, -0.05) is 18.2 Å². The zero-order valence-corrected chi connectivity index (χ0v) is 13.5. The molecule has 0 unspecified atom stereocenters. The van der Waals surface area contributed by atoms with Crippen LogP contribution in [-0.4, -0.2) is 66.8 Å². The van der Waals surface area contributed by atoms with Gasteiger partial charge in [0.1, 0.15) is 12.4 Å². The molecule has 0 radical (unpaired) electrons. The number of rotatable bonds is 6. The predicted molar refractivity (Wildman–Crippen MR) is 86.1 cm³/mol. The average molecular weight is 306 g/mol. The van der Waals surface area contributed by atoms with E-state index in [4.69, 9.17) is 9.84 Å². The second-order valence-corrected chi connectivity index (χ2v) is 5.80. The van der Waals surface area contributed by atoms with Crippen molar-refractivity contribution < 1.29 is 14.6 Å². The van der Waals surface area contributed by atoms with Gasteiger partial charge in [-0.25, -0.2) is 0 Å². The Kier molecular flexibility index (Phi) is 6.21. The largest absolute Gasteiger partial charge is 0.493 e. The van der Waals surface area contributed by atoms with Gasteiger partial charge in [0.25, 0.3) is 0 Å². The quantitative estimate of drug-likeness (QED) is 0.803. The normalized spacial score (nSPS) is 15.9. The number of benzene rings is 1. The molecule has 0 spiro atoms. The van der Waals surface area contributed by atoms with Crippen LogP contribution in [0.2, 0.25) is 0 Å². The number of hydrogen-bond donors (Lipinski definition) is 1. The second kappa shape index (κ2) is 8.15.